The van der Waals surface area contributed by atoms with Gasteiger partial charge in [0.25, 0.3) is 0 Å². The van der Waals surface area contributed by atoms with Gasteiger partial charge in [-0.2, -0.15) is 0 Å². The SMILES string of the molecule is CC(N)C(=O)c1cc(C(C)C)ccc1O. The minimum atomic E-state index is -0.585. The lowest BCUT2D eigenvalue weighted by Crippen LogP contribution is -2.26. The summed E-state index contributed by atoms with van der Waals surface area (Å²) in [6.07, 6.45) is 0. The average molecular weight is 207 g/mol. The Morgan fingerprint density at radius 1 is 1.33 bits per heavy atom. The topological polar surface area (TPSA) is 63.3 Å². The van der Waals surface area contributed by atoms with Crippen molar-refractivity contribution >= 4 is 5.78 Å². The van der Waals surface area contributed by atoms with Crippen molar-refractivity contribution in [3.8, 4) is 5.75 Å². The van der Waals surface area contributed by atoms with Crippen LogP contribution in [0.15, 0.2) is 18.2 Å². The Balaban J connectivity index is 3.16. The summed E-state index contributed by atoms with van der Waals surface area (Å²) in [5.74, 6) is 0.0990. The van der Waals surface area contributed by atoms with Gasteiger partial charge in [-0.15, -0.1) is 0 Å². The molecule has 0 aliphatic heterocycles. The molecule has 15 heavy (non-hydrogen) atoms. The predicted octanol–water partition coefficient (Wildman–Crippen LogP) is 2.05. The van der Waals surface area contributed by atoms with Crippen molar-refractivity contribution in [3.63, 3.8) is 0 Å². The van der Waals surface area contributed by atoms with Crippen molar-refractivity contribution in [1.82, 2.24) is 0 Å². The minimum Gasteiger partial charge on any atom is -0.507 e. The van der Waals surface area contributed by atoms with E-state index in [9.17, 15) is 9.90 Å². The van der Waals surface area contributed by atoms with Gasteiger partial charge in [0.05, 0.1) is 11.6 Å². The summed E-state index contributed by atoms with van der Waals surface area (Å²) in [5, 5.41) is 9.56. The third-order valence-corrected chi connectivity index (χ3v) is 2.37. The van der Waals surface area contributed by atoms with Crippen molar-refractivity contribution in [2.75, 3.05) is 0 Å². The van der Waals surface area contributed by atoms with Gasteiger partial charge < -0.3 is 10.8 Å². The summed E-state index contributed by atoms with van der Waals surface area (Å²) >= 11 is 0. The highest BCUT2D eigenvalue weighted by atomic mass is 16.3. The second kappa shape index (κ2) is 4.45. The normalized spacial score (nSPS) is 12.9. The van der Waals surface area contributed by atoms with Crippen molar-refractivity contribution < 1.29 is 9.90 Å². The van der Waals surface area contributed by atoms with E-state index >= 15 is 0 Å². The van der Waals surface area contributed by atoms with Crippen LogP contribution in [0.3, 0.4) is 0 Å². The maximum Gasteiger partial charge on any atom is 0.182 e. The number of carbonyl (C=O) groups excluding carboxylic acids is 1. The molecule has 0 saturated carbocycles. The quantitative estimate of drug-likeness (QED) is 0.745. The van der Waals surface area contributed by atoms with E-state index in [1.807, 2.05) is 19.9 Å². The van der Waals surface area contributed by atoms with Crippen LogP contribution in [0.2, 0.25) is 0 Å². The van der Waals surface area contributed by atoms with Crippen molar-refractivity contribution in [1.29, 1.82) is 0 Å². The zero-order valence-corrected chi connectivity index (χ0v) is 9.32. The van der Waals surface area contributed by atoms with Crippen LogP contribution in [0, 0.1) is 0 Å². The molecule has 0 fully saturated rings. The molecule has 3 nitrogen and oxygen atoms in total. The number of benzene rings is 1. The molecule has 0 spiro atoms. The number of nitrogens with two attached hydrogens (primary N) is 1. The number of hydrogen-bond donors (Lipinski definition) is 2. The number of phenols is 1. The molecule has 1 unspecified atom stereocenters. The zero-order chi connectivity index (χ0) is 11.6. The van der Waals surface area contributed by atoms with E-state index in [0.29, 0.717) is 11.5 Å². The Morgan fingerprint density at radius 3 is 2.40 bits per heavy atom. The van der Waals surface area contributed by atoms with Crippen LogP contribution in [0.4, 0.5) is 0 Å². The second-order valence-corrected chi connectivity index (χ2v) is 4.08. The third kappa shape index (κ3) is 2.57. The van der Waals surface area contributed by atoms with Gasteiger partial charge in [0.1, 0.15) is 5.75 Å². The number of phenolic OH excluding ortho intramolecular Hbond substituents is 1. The molecular weight excluding hydrogens is 190 g/mol. The molecule has 0 amide bonds. The van der Waals surface area contributed by atoms with E-state index in [1.54, 1.807) is 19.1 Å². The number of aromatic hydroxyl groups is 1. The van der Waals surface area contributed by atoms with E-state index in [4.69, 9.17) is 5.73 Å². The standard InChI is InChI=1S/C12H17NO2/c1-7(2)9-4-5-11(14)10(6-9)12(15)8(3)13/h4-8,14H,13H2,1-3H3. The molecule has 0 aromatic heterocycles. The van der Waals surface area contributed by atoms with Crippen molar-refractivity contribution in [3.05, 3.63) is 29.3 Å². The van der Waals surface area contributed by atoms with Gasteiger partial charge in [-0.1, -0.05) is 19.9 Å². The first-order valence-corrected chi connectivity index (χ1v) is 5.06. The average Bonchev–Trinajstić information content (AvgIpc) is 2.16. The lowest BCUT2D eigenvalue weighted by Gasteiger charge is -2.11. The lowest BCUT2D eigenvalue weighted by molar-refractivity contribution is 0.0965. The number of Topliss-reactive ketones (excluding diaryl/α,β-unsaturated/α-hetero) is 1. The second-order valence-electron chi connectivity index (χ2n) is 4.08. The molecule has 1 aromatic carbocycles. The molecule has 0 bridgehead atoms. The Labute approximate surface area is 89.9 Å². The van der Waals surface area contributed by atoms with E-state index < -0.39 is 6.04 Å². The lowest BCUT2D eigenvalue weighted by atomic mass is 9.97. The molecule has 82 valence electrons. The van der Waals surface area contributed by atoms with Crippen LogP contribution in [0.5, 0.6) is 5.75 Å². The third-order valence-electron chi connectivity index (χ3n) is 2.37. The summed E-state index contributed by atoms with van der Waals surface area (Å²) in [6.45, 7) is 5.68. The van der Waals surface area contributed by atoms with E-state index in [1.165, 1.54) is 0 Å². The fourth-order valence-electron chi connectivity index (χ4n) is 1.36. The molecule has 1 atom stereocenters. The molecule has 0 aliphatic rings. The fourth-order valence-corrected chi connectivity index (χ4v) is 1.36. The Kier molecular flexibility index (Phi) is 3.48. The number of hydrogen-bond acceptors (Lipinski definition) is 3. The van der Waals surface area contributed by atoms with Crippen molar-refractivity contribution in [2.45, 2.75) is 32.7 Å². The highest BCUT2D eigenvalue weighted by Gasteiger charge is 2.16. The van der Waals surface area contributed by atoms with Gasteiger partial charge >= 0.3 is 0 Å². The molecule has 3 heteroatoms. The van der Waals surface area contributed by atoms with Crippen LogP contribution in [0.25, 0.3) is 0 Å². The van der Waals surface area contributed by atoms with Gasteiger partial charge in [-0.25, -0.2) is 0 Å². The summed E-state index contributed by atoms with van der Waals surface area (Å²) in [5.41, 5.74) is 6.84. The fraction of sp³-hybridized carbons (Fsp3) is 0.417. The van der Waals surface area contributed by atoms with Crippen LogP contribution < -0.4 is 5.73 Å². The number of carbonyl (C=O) groups is 1. The Bertz CT molecular complexity index is 370. The maximum atomic E-state index is 11.7. The van der Waals surface area contributed by atoms with Crippen LogP contribution in [0.1, 0.15) is 42.6 Å². The summed E-state index contributed by atoms with van der Waals surface area (Å²) in [6, 6.07) is 4.49. The summed E-state index contributed by atoms with van der Waals surface area (Å²) in [7, 11) is 0. The van der Waals surface area contributed by atoms with Gasteiger partial charge in [0.2, 0.25) is 0 Å². The maximum absolute atomic E-state index is 11.7. The molecule has 0 saturated heterocycles. The van der Waals surface area contributed by atoms with Gasteiger partial charge in [-0.05, 0) is 30.5 Å². The number of rotatable bonds is 3. The molecule has 3 N–H and O–H groups in total. The van der Waals surface area contributed by atoms with E-state index in [-0.39, 0.29) is 11.5 Å². The largest absolute Gasteiger partial charge is 0.507 e. The highest BCUT2D eigenvalue weighted by molar-refractivity contribution is 6.02. The monoisotopic (exact) mass is 207 g/mol. The first-order chi connectivity index (χ1) is 6.93. The van der Waals surface area contributed by atoms with Crippen LogP contribution in [-0.2, 0) is 0 Å². The zero-order valence-electron chi connectivity index (χ0n) is 9.32. The van der Waals surface area contributed by atoms with Gasteiger partial charge in [0.15, 0.2) is 5.78 Å². The van der Waals surface area contributed by atoms with Crippen molar-refractivity contribution in [2.24, 2.45) is 5.73 Å². The first kappa shape index (κ1) is 11.7. The Hall–Kier alpha value is -1.35. The smallest absolute Gasteiger partial charge is 0.182 e. The molecule has 0 aliphatic carbocycles. The highest BCUT2D eigenvalue weighted by Crippen LogP contribution is 2.24. The number of ketones is 1. The van der Waals surface area contributed by atoms with E-state index in [2.05, 4.69) is 0 Å². The molecule has 1 rings (SSSR count). The molecule has 1 aromatic rings. The molecular formula is C12H17NO2. The van der Waals surface area contributed by atoms with Gasteiger partial charge in [0, 0.05) is 0 Å². The predicted molar refractivity (Wildman–Crippen MR) is 60.2 cm³/mol. The Morgan fingerprint density at radius 2 is 1.93 bits per heavy atom. The van der Waals surface area contributed by atoms with Crippen LogP contribution in [-0.4, -0.2) is 16.9 Å². The van der Waals surface area contributed by atoms with E-state index in [0.717, 1.165) is 5.56 Å². The van der Waals surface area contributed by atoms with Gasteiger partial charge in [-0.3, -0.25) is 4.79 Å². The molecule has 0 radical (unpaired) electrons. The summed E-state index contributed by atoms with van der Waals surface area (Å²) in [4.78, 5) is 11.7. The summed E-state index contributed by atoms with van der Waals surface area (Å²) < 4.78 is 0. The first-order valence-electron chi connectivity index (χ1n) is 5.06. The minimum absolute atomic E-state index is 0.00157. The van der Waals surface area contributed by atoms with Crippen LogP contribution >= 0.6 is 0 Å². The molecule has 0 heterocycles.